The molecule has 0 fully saturated rings. The van der Waals surface area contributed by atoms with Gasteiger partial charge in [0.05, 0.1) is 11.6 Å². The minimum Gasteiger partial charge on any atom is -0.484 e. The average molecular weight is 366 g/mol. The fourth-order valence-corrected chi connectivity index (χ4v) is 2.28. The molecule has 2 amide bonds. The van der Waals surface area contributed by atoms with Crippen LogP contribution in [0.3, 0.4) is 0 Å². The molecule has 2 aromatic carbocycles. The van der Waals surface area contributed by atoms with Gasteiger partial charge in [0, 0.05) is 17.9 Å². The maximum Gasteiger partial charge on any atom is 0.257 e. The largest absolute Gasteiger partial charge is 0.484 e. The van der Waals surface area contributed by atoms with E-state index in [-0.39, 0.29) is 18.4 Å². The van der Waals surface area contributed by atoms with Gasteiger partial charge < -0.3 is 20.7 Å². The molecule has 0 aliphatic rings. The highest BCUT2D eigenvalue weighted by atomic mass is 16.5. The van der Waals surface area contributed by atoms with Crippen molar-refractivity contribution < 1.29 is 14.3 Å². The maximum atomic E-state index is 12.3. The maximum absolute atomic E-state index is 12.3. The monoisotopic (exact) mass is 366 g/mol. The lowest BCUT2D eigenvalue weighted by atomic mass is 10.2. The Balaban J connectivity index is 1.87. The molecule has 0 radical (unpaired) electrons. The summed E-state index contributed by atoms with van der Waals surface area (Å²) in [7, 11) is 0. The molecule has 0 bridgehead atoms. The van der Waals surface area contributed by atoms with Crippen molar-refractivity contribution in [3.63, 3.8) is 0 Å². The van der Waals surface area contributed by atoms with E-state index in [1.807, 2.05) is 13.0 Å². The van der Waals surface area contributed by atoms with Crippen molar-refractivity contribution in [1.82, 2.24) is 5.32 Å². The van der Waals surface area contributed by atoms with E-state index in [1.54, 1.807) is 55.5 Å². The van der Waals surface area contributed by atoms with Crippen LogP contribution in [-0.2, 0) is 9.59 Å². The summed E-state index contributed by atoms with van der Waals surface area (Å²) >= 11 is 0. The Hall–Kier alpha value is -3.53. The molecular formula is C20H22N4O3. The lowest BCUT2D eigenvalue weighted by molar-refractivity contribution is -0.123. The summed E-state index contributed by atoms with van der Waals surface area (Å²) in [6.07, 6.45) is 0. The highest BCUT2D eigenvalue weighted by Crippen LogP contribution is 2.17. The van der Waals surface area contributed by atoms with E-state index in [0.29, 0.717) is 23.5 Å². The number of hydrogen-bond acceptors (Lipinski definition) is 5. The number of nitriles is 1. The summed E-state index contributed by atoms with van der Waals surface area (Å²) in [5, 5.41) is 17.4. The molecule has 0 aromatic heterocycles. The molecule has 0 aliphatic heterocycles. The van der Waals surface area contributed by atoms with Crippen molar-refractivity contribution in [3.05, 3.63) is 54.1 Å². The van der Waals surface area contributed by atoms with Crippen molar-refractivity contribution >= 4 is 23.2 Å². The van der Waals surface area contributed by atoms with Crippen molar-refractivity contribution in [2.24, 2.45) is 0 Å². The van der Waals surface area contributed by atoms with Crippen molar-refractivity contribution in [1.29, 1.82) is 5.26 Å². The highest BCUT2D eigenvalue weighted by molar-refractivity contribution is 5.96. The van der Waals surface area contributed by atoms with Crippen molar-refractivity contribution in [2.45, 2.75) is 19.9 Å². The number of nitrogens with zero attached hydrogens (tertiary/aromatic N) is 1. The molecule has 0 aliphatic carbocycles. The number of anilines is 2. The lowest BCUT2D eigenvalue weighted by Gasteiger charge is -2.16. The normalized spacial score (nSPS) is 11.0. The van der Waals surface area contributed by atoms with Crippen LogP contribution in [0, 0.1) is 11.3 Å². The van der Waals surface area contributed by atoms with Crippen LogP contribution in [-0.4, -0.2) is 31.0 Å². The molecule has 0 spiro atoms. The van der Waals surface area contributed by atoms with Crippen LogP contribution in [0.1, 0.15) is 19.4 Å². The molecule has 1 atom stereocenters. The first kappa shape index (κ1) is 19.8. The smallest absolute Gasteiger partial charge is 0.257 e. The Morgan fingerprint density at radius 1 is 1.15 bits per heavy atom. The summed E-state index contributed by atoms with van der Waals surface area (Å²) < 4.78 is 5.38. The third kappa shape index (κ3) is 6.36. The van der Waals surface area contributed by atoms with E-state index in [0.717, 1.165) is 5.69 Å². The van der Waals surface area contributed by atoms with Crippen LogP contribution >= 0.6 is 0 Å². The van der Waals surface area contributed by atoms with Gasteiger partial charge in [-0.3, -0.25) is 9.59 Å². The van der Waals surface area contributed by atoms with E-state index >= 15 is 0 Å². The molecule has 0 saturated heterocycles. The van der Waals surface area contributed by atoms with Crippen LogP contribution in [0.4, 0.5) is 11.4 Å². The van der Waals surface area contributed by atoms with Gasteiger partial charge in [-0.1, -0.05) is 6.07 Å². The Morgan fingerprint density at radius 2 is 1.89 bits per heavy atom. The molecule has 2 aromatic rings. The number of carbonyl (C=O) groups excluding carboxylic acids is 2. The number of hydrogen-bond donors (Lipinski definition) is 3. The molecule has 27 heavy (non-hydrogen) atoms. The zero-order valence-electron chi connectivity index (χ0n) is 15.3. The van der Waals surface area contributed by atoms with E-state index in [1.165, 1.54) is 0 Å². The lowest BCUT2D eigenvalue weighted by Crippen LogP contribution is -2.31. The average Bonchev–Trinajstić information content (AvgIpc) is 2.67. The number of rotatable bonds is 8. The van der Waals surface area contributed by atoms with Gasteiger partial charge >= 0.3 is 0 Å². The molecule has 2 rings (SSSR count). The van der Waals surface area contributed by atoms with E-state index in [4.69, 9.17) is 10.00 Å². The molecule has 0 heterocycles. The van der Waals surface area contributed by atoms with E-state index < -0.39 is 6.04 Å². The minimum atomic E-state index is -0.488. The van der Waals surface area contributed by atoms with Crippen LogP contribution in [0.25, 0.3) is 0 Å². The quantitative estimate of drug-likeness (QED) is 0.666. The first-order valence-electron chi connectivity index (χ1n) is 8.59. The number of benzene rings is 2. The SMILES string of the molecule is CCNC(=O)COc1ccc(NC(C)C(=O)Nc2cccc(C#N)c2)cc1. The van der Waals surface area contributed by atoms with Gasteiger partial charge in [-0.25, -0.2) is 0 Å². The van der Waals surface area contributed by atoms with Gasteiger partial charge in [0.1, 0.15) is 11.8 Å². The number of amides is 2. The summed E-state index contributed by atoms with van der Waals surface area (Å²) in [6, 6.07) is 15.3. The molecule has 7 heteroatoms. The van der Waals surface area contributed by atoms with Crippen LogP contribution < -0.4 is 20.7 Å². The summed E-state index contributed by atoms with van der Waals surface area (Å²) in [6.45, 7) is 4.10. The molecule has 1 unspecified atom stereocenters. The summed E-state index contributed by atoms with van der Waals surface area (Å²) in [5.41, 5.74) is 1.80. The predicted molar refractivity (Wildman–Crippen MR) is 103 cm³/mol. The van der Waals surface area contributed by atoms with Gasteiger partial charge in [-0.15, -0.1) is 0 Å². The standard InChI is InChI=1S/C20H22N4O3/c1-3-22-19(25)13-27-18-9-7-16(8-10-18)23-14(2)20(26)24-17-6-4-5-15(11-17)12-21/h4-11,14,23H,3,13H2,1-2H3,(H,22,25)(H,24,26). The van der Waals surface area contributed by atoms with Crippen LogP contribution in [0.2, 0.25) is 0 Å². The Labute approximate surface area is 158 Å². The fourth-order valence-electron chi connectivity index (χ4n) is 2.28. The second kappa shape index (κ2) is 9.82. The van der Waals surface area contributed by atoms with Crippen molar-refractivity contribution in [3.8, 4) is 11.8 Å². The zero-order chi connectivity index (χ0) is 19.6. The molecular weight excluding hydrogens is 344 g/mol. The number of carbonyl (C=O) groups is 2. The highest BCUT2D eigenvalue weighted by Gasteiger charge is 2.13. The fraction of sp³-hybridized carbons (Fsp3) is 0.250. The number of ether oxygens (including phenoxy) is 1. The Kier molecular flexibility index (Phi) is 7.20. The van der Waals surface area contributed by atoms with E-state index in [9.17, 15) is 9.59 Å². The summed E-state index contributed by atoms with van der Waals surface area (Å²) in [4.78, 5) is 23.7. The number of nitrogens with one attached hydrogen (secondary N) is 3. The van der Waals surface area contributed by atoms with Gasteiger partial charge in [0.2, 0.25) is 5.91 Å². The van der Waals surface area contributed by atoms with Gasteiger partial charge in [0.25, 0.3) is 5.91 Å². The van der Waals surface area contributed by atoms with Crippen LogP contribution in [0.15, 0.2) is 48.5 Å². The Bertz CT molecular complexity index is 828. The van der Waals surface area contributed by atoms with Gasteiger partial charge in [-0.05, 0) is 56.3 Å². The first-order valence-corrected chi connectivity index (χ1v) is 8.59. The van der Waals surface area contributed by atoms with Crippen LogP contribution in [0.5, 0.6) is 5.75 Å². The minimum absolute atomic E-state index is 0.0405. The topological polar surface area (TPSA) is 103 Å². The third-order valence-corrected chi connectivity index (χ3v) is 3.63. The van der Waals surface area contributed by atoms with Gasteiger partial charge in [0.15, 0.2) is 6.61 Å². The van der Waals surface area contributed by atoms with Crippen molar-refractivity contribution in [2.75, 3.05) is 23.8 Å². The summed E-state index contributed by atoms with van der Waals surface area (Å²) in [5.74, 6) is 0.171. The van der Waals surface area contributed by atoms with Gasteiger partial charge in [-0.2, -0.15) is 5.26 Å². The Morgan fingerprint density at radius 3 is 2.56 bits per heavy atom. The second-order valence-electron chi connectivity index (χ2n) is 5.81. The molecule has 0 saturated carbocycles. The number of likely N-dealkylation sites (N-methyl/N-ethyl adjacent to an activating group) is 1. The van der Waals surface area contributed by atoms with E-state index in [2.05, 4.69) is 16.0 Å². The molecule has 3 N–H and O–H groups in total. The third-order valence-electron chi connectivity index (χ3n) is 3.63. The zero-order valence-corrected chi connectivity index (χ0v) is 15.3. The predicted octanol–water partition coefficient (Wildman–Crippen LogP) is 2.51. The second-order valence-corrected chi connectivity index (χ2v) is 5.81. The molecule has 7 nitrogen and oxygen atoms in total. The molecule has 140 valence electrons. The first-order chi connectivity index (χ1) is 13.0.